The van der Waals surface area contributed by atoms with E-state index in [4.69, 9.17) is 20.8 Å². The van der Waals surface area contributed by atoms with Gasteiger partial charge in [-0.3, -0.25) is 4.79 Å². The lowest BCUT2D eigenvalue weighted by molar-refractivity contribution is 0.102. The SMILES string of the molecule is CCC(C)Oc1cccc(C(=O)Nc2ccc3oc(-c4cc(F)c(F)cc4Cl)nc3c2)c1. The Balaban J connectivity index is 1.57. The molecule has 1 atom stereocenters. The number of fused-ring (bicyclic) bond motifs is 1. The van der Waals surface area contributed by atoms with Gasteiger partial charge in [-0.05, 0) is 61.9 Å². The lowest BCUT2D eigenvalue weighted by atomic mass is 10.2. The quantitative estimate of drug-likeness (QED) is 0.322. The summed E-state index contributed by atoms with van der Waals surface area (Å²) in [6, 6.07) is 13.6. The summed E-state index contributed by atoms with van der Waals surface area (Å²) in [5.74, 6) is -1.77. The molecule has 1 heterocycles. The zero-order valence-corrected chi connectivity index (χ0v) is 18.0. The number of hydrogen-bond acceptors (Lipinski definition) is 4. The van der Waals surface area contributed by atoms with Crippen molar-refractivity contribution in [2.45, 2.75) is 26.4 Å². The number of benzene rings is 3. The number of hydrogen-bond donors (Lipinski definition) is 1. The zero-order chi connectivity index (χ0) is 22.8. The number of ether oxygens (including phenoxy) is 1. The Labute approximate surface area is 188 Å². The highest BCUT2D eigenvalue weighted by atomic mass is 35.5. The van der Waals surface area contributed by atoms with Gasteiger partial charge in [0.1, 0.15) is 11.3 Å². The van der Waals surface area contributed by atoms with Crippen LogP contribution in [-0.4, -0.2) is 17.0 Å². The molecule has 0 radical (unpaired) electrons. The van der Waals surface area contributed by atoms with Crippen molar-refractivity contribution in [3.05, 3.63) is 76.8 Å². The van der Waals surface area contributed by atoms with Crippen molar-refractivity contribution < 1.29 is 22.7 Å². The molecule has 0 spiro atoms. The molecule has 1 unspecified atom stereocenters. The number of anilines is 1. The lowest BCUT2D eigenvalue weighted by Gasteiger charge is -2.13. The molecule has 8 heteroatoms. The highest BCUT2D eigenvalue weighted by Crippen LogP contribution is 2.32. The average molecular weight is 457 g/mol. The van der Waals surface area contributed by atoms with Crippen molar-refractivity contribution in [2.75, 3.05) is 5.32 Å². The Bertz CT molecular complexity index is 1310. The van der Waals surface area contributed by atoms with Gasteiger partial charge in [-0.25, -0.2) is 13.8 Å². The van der Waals surface area contributed by atoms with Gasteiger partial charge in [0.25, 0.3) is 5.91 Å². The van der Waals surface area contributed by atoms with Gasteiger partial charge in [0, 0.05) is 11.3 Å². The number of amides is 1. The monoisotopic (exact) mass is 456 g/mol. The average Bonchev–Trinajstić information content (AvgIpc) is 3.19. The number of halogens is 3. The van der Waals surface area contributed by atoms with Crippen molar-refractivity contribution in [1.82, 2.24) is 4.98 Å². The molecule has 1 aromatic heterocycles. The second-order valence-corrected chi connectivity index (χ2v) is 7.67. The molecule has 0 aliphatic rings. The van der Waals surface area contributed by atoms with E-state index in [0.717, 1.165) is 18.6 Å². The second-order valence-electron chi connectivity index (χ2n) is 7.27. The van der Waals surface area contributed by atoms with E-state index in [-0.39, 0.29) is 28.5 Å². The molecule has 164 valence electrons. The maximum absolute atomic E-state index is 13.6. The molecule has 0 saturated heterocycles. The van der Waals surface area contributed by atoms with E-state index >= 15 is 0 Å². The molecule has 0 aliphatic heterocycles. The Morgan fingerprint density at radius 2 is 1.94 bits per heavy atom. The summed E-state index contributed by atoms with van der Waals surface area (Å²) < 4.78 is 38.4. The Kier molecular flexibility index (Phi) is 6.10. The van der Waals surface area contributed by atoms with E-state index < -0.39 is 11.6 Å². The number of nitrogens with zero attached hydrogens (tertiary/aromatic N) is 1. The summed E-state index contributed by atoms with van der Waals surface area (Å²) in [5.41, 5.74) is 1.90. The lowest BCUT2D eigenvalue weighted by Crippen LogP contribution is -2.13. The summed E-state index contributed by atoms with van der Waals surface area (Å²) in [5, 5.41) is 2.79. The molecule has 32 heavy (non-hydrogen) atoms. The van der Waals surface area contributed by atoms with Crippen LogP contribution in [0.4, 0.5) is 14.5 Å². The Hall–Kier alpha value is -3.45. The van der Waals surface area contributed by atoms with Crippen LogP contribution < -0.4 is 10.1 Å². The van der Waals surface area contributed by atoms with Gasteiger partial charge in [-0.15, -0.1) is 0 Å². The first-order valence-corrected chi connectivity index (χ1v) is 10.4. The third-order valence-electron chi connectivity index (χ3n) is 4.89. The normalized spacial score (nSPS) is 12.0. The molecule has 5 nitrogen and oxygen atoms in total. The smallest absolute Gasteiger partial charge is 0.255 e. The summed E-state index contributed by atoms with van der Waals surface area (Å²) in [6.45, 7) is 3.98. The van der Waals surface area contributed by atoms with Crippen molar-refractivity contribution in [2.24, 2.45) is 0 Å². The largest absolute Gasteiger partial charge is 0.491 e. The molecular formula is C24H19ClF2N2O3. The van der Waals surface area contributed by atoms with Crippen molar-refractivity contribution in [3.63, 3.8) is 0 Å². The minimum Gasteiger partial charge on any atom is -0.491 e. The van der Waals surface area contributed by atoms with Gasteiger partial charge in [-0.2, -0.15) is 0 Å². The molecular weight excluding hydrogens is 438 g/mol. The van der Waals surface area contributed by atoms with Crippen LogP contribution in [0.5, 0.6) is 5.75 Å². The first-order valence-electron chi connectivity index (χ1n) is 9.97. The number of carbonyl (C=O) groups excluding carboxylic acids is 1. The highest BCUT2D eigenvalue weighted by Gasteiger charge is 2.16. The molecule has 0 bridgehead atoms. The van der Waals surface area contributed by atoms with Crippen LogP contribution in [0.25, 0.3) is 22.6 Å². The van der Waals surface area contributed by atoms with Crippen molar-refractivity contribution in [1.29, 1.82) is 0 Å². The molecule has 1 N–H and O–H groups in total. The fourth-order valence-electron chi connectivity index (χ4n) is 3.04. The number of carbonyl (C=O) groups is 1. The number of aromatic nitrogens is 1. The van der Waals surface area contributed by atoms with Gasteiger partial charge in [-0.1, -0.05) is 24.6 Å². The van der Waals surface area contributed by atoms with Crippen molar-refractivity contribution >= 4 is 34.3 Å². The second kappa shape index (κ2) is 8.96. The van der Waals surface area contributed by atoms with Crippen LogP contribution in [0.15, 0.2) is 59.0 Å². The van der Waals surface area contributed by atoms with Crippen molar-refractivity contribution in [3.8, 4) is 17.2 Å². The summed E-state index contributed by atoms with van der Waals surface area (Å²) in [7, 11) is 0. The topological polar surface area (TPSA) is 64.4 Å². The van der Waals surface area contributed by atoms with Gasteiger partial charge in [0.2, 0.25) is 5.89 Å². The Morgan fingerprint density at radius 3 is 2.72 bits per heavy atom. The summed E-state index contributed by atoms with van der Waals surface area (Å²) in [4.78, 5) is 17.0. The molecule has 4 rings (SSSR count). The molecule has 0 fully saturated rings. The molecule has 0 aliphatic carbocycles. The van der Waals surface area contributed by atoms with E-state index in [1.807, 2.05) is 13.8 Å². The standard InChI is InChI=1S/C24H19ClF2N2O3/c1-3-13(2)31-16-6-4-5-14(9-16)23(30)28-15-7-8-22-21(10-15)29-24(32-22)17-11-19(26)20(27)12-18(17)25/h4-13H,3H2,1-2H3,(H,28,30). The minimum absolute atomic E-state index is 0.0246. The van der Waals surface area contributed by atoms with Gasteiger partial charge < -0.3 is 14.5 Å². The Morgan fingerprint density at radius 1 is 1.16 bits per heavy atom. The van der Waals surface area contributed by atoms with E-state index in [1.165, 1.54) is 0 Å². The van der Waals surface area contributed by atoms with Crippen LogP contribution in [-0.2, 0) is 0 Å². The fourth-order valence-corrected chi connectivity index (χ4v) is 3.27. The first-order chi connectivity index (χ1) is 15.3. The van der Waals surface area contributed by atoms with Gasteiger partial charge in [0.15, 0.2) is 17.2 Å². The van der Waals surface area contributed by atoms with Crippen LogP contribution in [0.1, 0.15) is 30.6 Å². The first kappa shape index (κ1) is 21.8. The van der Waals surface area contributed by atoms with E-state index in [1.54, 1.807) is 42.5 Å². The van der Waals surface area contributed by atoms with E-state index in [2.05, 4.69) is 10.3 Å². The molecule has 3 aromatic carbocycles. The van der Waals surface area contributed by atoms with E-state index in [9.17, 15) is 13.6 Å². The van der Waals surface area contributed by atoms with Gasteiger partial charge >= 0.3 is 0 Å². The zero-order valence-electron chi connectivity index (χ0n) is 17.3. The van der Waals surface area contributed by atoms with Gasteiger partial charge in [0.05, 0.1) is 16.7 Å². The predicted octanol–water partition coefficient (Wildman–Crippen LogP) is 6.86. The van der Waals surface area contributed by atoms with E-state index in [0.29, 0.717) is 28.1 Å². The fraction of sp³-hybridized carbons (Fsp3) is 0.167. The third kappa shape index (κ3) is 4.57. The maximum atomic E-state index is 13.6. The summed E-state index contributed by atoms with van der Waals surface area (Å²) >= 11 is 6.01. The number of rotatable bonds is 6. The molecule has 4 aromatic rings. The number of oxazole rings is 1. The minimum atomic E-state index is -1.06. The number of nitrogens with one attached hydrogen (secondary N) is 1. The highest BCUT2D eigenvalue weighted by molar-refractivity contribution is 6.33. The molecule has 0 saturated carbocycles. The van der Waals surface area contributed by atoms with Crippen LogP contribution >= 0.6 is 11.6 Å². The summed E-state index contributed by atoms with van der Waals surface area (Å²) in [6.07, 6.45) is 0.895. The third-order valence-corrected chi connectivity index (χ3v) is 5.21. The van der Waals surface area contributed by atoms with Crippen LogP contribution in [0.2, 0.25) is 5.02 Å². The van der Waals surface area contributed by atoms with Crippen LogP contribution in [0.3, 0.4) is 0 Å². The van der Waals surface area contributed by atoms with Crippen LogP contribution in [0, 0.1) is 11.6 Å². The molecule has 1 amide bonds. The predicted molar refractivity (Wildman–Crippen MR) is 119 cm³/mol. The maximum Gasteiger partial charge on any atom is 0.255 e.